The van der Waals surface area contributed by atoms with Gasteiger partial charge in [-0.25, -0.2) is 0 Å². The summed E-state index contributed by atoms with van der Waals surface area (Å²) in [7, 11) is 0. The van der Waals surface area contributed by atoms with Gasteiger partial charge in [-0.3, -0.25) is 0 Å². The van der Waals surface area contributed by atoms with Crippen LogP contribution in [-0.4, -0.2) is 19.1 Å². The highest BCUT2D eigenvalue weighted by molar-refractivity contribution is 5.60. The van der Waals surface area contributed by atoms with E-state index >= 15 is 0 Å². The van der Waals surface area contributed by atoms with Crippen molar-refractivity contribution >= 4 is 5.69 Å². The van der Waals surface area contributed by atoms with E-state index in [9.17, 15) is 0 Å². The number of fused-ring (bicyclic) bond motifs is 1. The Balaban J connectivity index is 2.28. The van der Waals surface area contributed by atoms with Crippen molar-refractivity contribution in [3.63, 3.8) is 0 Å². The average Bonchev–Trinajstić information content (AvgIpc) is 2.68. The molecule has 0 fully saturated rings. The van der Waals surface area contributed by atoms with E-state index in [0.29, 0.717) is 12.0 Å². The predicted octanol–water partition coefficient (Wildman–Crippen LogP) is 2.74. The van der Waals surface area contributed by atoms with Gasteiger partial charge >= 0.3 is 0 Å². The average molecular weight is 218 g/mol. The molecule has 2 rings (SSSR count). The zero-order chi connectivity index (χ0) is 11.5. The maximum atomic E-state index is 5.70. The minimum atomic E-state index is 0.629. The molecule has 2 heteroatoms. The molecule has 2 N–H and O–H groups in total. The maximum absolute atomic E-state index is 5.70. The molecule has 88 valence electrons. The molecule has 0 bridgehead atoms. The Hall–Kier alpha value is -1.02. The third kappa shape index (κ3) is 1.94. The number of nitrogens with zero attached hydrogens (tertiary/aromatic N) is 1. The van der Waals surface area contributed by atoms with Gasteiger partial charge in [0, 0.05) is 24.2 Å². The second-order valence-corrected chi connectivity index (χ2v) is 4.74. The molecule has 2 atom stereocenters. The summed E-state index contributed by atoms with van der Waals surface area (Å²) in [5.74, 6) is 0.634. The van der Waals surface area contributed by atoms with Crippen molar-refractivity contribution in [3.8, 4) is 0 Å². The Labute approximate surface area is 98.4 Å². The minimum absolute atomic E-state index is 0.629. The molecule has 16 heavy (non-hydrogen) atoms. The highest BCUT2D eigenvalue weighted by Gasteiger charge is 2.29. The minimum Gasteiger partial charge on any atom is -0.368 e. The Bertz CT molecular complexity index is 348. The first-order chi connectivity index (χ1) is 7.77. The number of benzene rings is 1. The lowest BCUT2D eigenvalue weighted by Crippen LogP contribution is -2.31. The van der Waals surface area contributed by atoms with Gasteiger partial charge in [-0.2, -0.15) is 0 Å². The summed E-state index contributed by atoms with van der Waals surface area (Å²) in [4.78, 5) is 2.54. The summed E-state index contributed by atoms with van der Waals surface area (Å²) in [6, 6.07) is 9.42. The summed E-state index contributed by atoms with van der Waals surface area (Å²) in [5, 5.41) is 0. The summed E-state index contributed by atoms with van der Waals surface area (Å²) in [6.07, 6.45) is 2.30. The van der Waals surface area contributed by atoms with Crippen molar-refractivity contribution in [1.29, 1.82) is 0 Å². The van der Waals surface area contributed by atoms with Gasteiger partial charge in [0.25, 0.3) is 0 Å². The third-order valence-electron chi connectivity index (χ3n) is 3.74. The lowest BCUT2D eigenvalue weighted by Gasteiger charge is -2.26. The molecule has 0 aromatic heterocycles. The van der Waals surface area contributed by atoms with Gasteiger partial charge in [0.1, 0.15) is 0 Å². The molecular weight excluding hydrogens is 196 g/mol. The number of hydrogen-bond acceptors (Lipinski definition) is 2. The predicted molar refractivity (Wildman–Crippen MR) is 70.0 cm³/mol. The Kier molecular flexibility index (Phi) is 3.49. The first-order valence-corrected chi connectivity index (χ1v) is 6.33. The molecular formula is C14H22N2. The molecule has 1 aliphatic heterocycles. The first kappa shape index (κ1) is 11.5. The summed E-state index contributed by atoms with van der Waals surface area (Å²) in [6.45, 7) is 6.49. The maximum Gasteiger partial charge on any atom is 0.0404 e. The smallest absolute Gasteiger partial charge is 0.0404 e. The van der Waals surface area contributed by atoms with E-state index in [0.717, 1.165) is 19.5 Å². The molecule has 2 unspecified atom stereocenters. The zero-order valence-electron chi connectivity index (χ0n) is 10.3. The van der Waals surface area contributed by atoms with Crippen molar-refractivity contribution in [2.75, 3.05) is 18.0 Å². The molecule has 1 heterocycles. The molecule has 1 aromatic rings. The standard InChI is InChI=1S/C14H22N2/c1-3-11(2)16-10-12(8-9-15)13-6-4-5-7-14(13)16/h4-7,11-12H,3,8-10,15H2,1-2H3. The van der Waals surface area contributed by atoms with E-state index in [-0.39, 0.29) is 0 Å². The van der Waals surface area contributed by atoms with Crippen LogP contribution in [0.2, 0.25) is 0 Å². The molecule has 1 aliphatic rings. The van der Waals surface area contributed by atoms with Crippen molar-refractivity contribution in [2.24, 2.45) is 5.73 Å². The Morgan fingerprint density at radius 1 is 1.44 bits per heavy atom. The molecule has 0 saturated heterocycles. The largest absolute Gasteiger partial charge is 0.368 e. The molecule has 0 spiro atoms. The lowest BCUT2D eigenvalue weighted by molar-refractivity contribution is 0.581. The highest BCUT2D eigenvalue weighted by Crippen LogP contribution is 2.39. The Morgan fingerprint density at radius 2 is 2.19 bits per heavy atom. The highest BCUT2D eigenvalue weighted by atomic mass is 15.2. The van der Waals surface area contributed by atoms with Crippen LogP contribution in [0.15, 0.2) is 24.3 Å². The number of anilines is 1. The van der Waals surface area contributed by atoms with Crippen LogP contribution in [0.3, 0.4) is 0 Å². The van der Waals surface area contributed by atoms with Crippen LogP contribution in [0, 0.1) is 0 Å². The molecule has 1 aromatic carbocycles. The fourth-order valence-electron chi connectivity index (χ4n) is 2.61. The fourth-order valence-corrected chi connectivity index (χ4v) is 2.61. The van der Waals surface area contributed by atoms with Crippen LogP contribution in [0.25, 0.3) is 0 Å². The van der Waals surface area contributed by atoms with Crippen LogP contribution in [0.1, 0.15) is 38.2 Å². The van der Waals surface area contributed by atoms with Crippen LogP contribution < -0.4 is 10.6 Å². The van der Waals surface area contributed by atoms with Crippen molar-refractivity contribution < 1.29 is 0 Å². The molecule has 0 saturated carbocycles. The molecule has 0 radical (unpaired) electrons. The van der Waals surface area contributed by atoms with Gasteiger partial charge in [-0.05, 0) is 37.9 Å². The summed E-state index contributed by atoms with van der Waals surface area (Å²) >= 11 is 0. The van der Waals surface area contributed by atoms with Crippen molar-refractivity contribution in [2.45, 2.75) is 38.6 Å². The van der Waals surface area contributed by atoms with Crippen LogP contribution >= 0.6 is 0 Å². The van der Waals surface area contributed by atoms with Gasteiger partial charge < -0.3 is 10.6 Å². The van der Waals surface area contributed by atoms with E-state index < -0.39 is 0 Å². The SMILES string of the molecule is CCC(C)N1CC(CCN)c2ccccc21. The normalized spacial score (nSPS) is 20.9. The molecule has 0 amide bonds. The third-order valence-corrected chi connectivity index (χ3v) is 3.74. The van der Waals surface area contributed by atoms with Crippen molar-refractivity contribution in [1.82, 2.24) is 0 Å². The summed E-state index contributed by atoms with van der Waals surface area (Å²) in [5.41, 5.74) is 8.62. The van der Waals surface area contributed by atoms with Gasteiger partial charge in [-0.15, -0.1) is 0 Å². The van der Waals surface area contributed by atoms with Gasteiger partial charge in [0.05, 0.1) is 0 Å². The number of nitrogens with two attached hydrogens (primary N) is 1. The second-order valence-electron chi connectivity index (χ2n) is 4.74. The van der Waals surface area contributed by atoms with Crippen molar-refractivity contribution in [3.05, 3.63) is 29.8 Å². The van der Waals surface area contributed by atoms with E-state index in [2.05, 4.69) is 43.0 Å². The van der Waals surface area contributed by atoms with E-state index in [4.69, 9.17) is 5.73 Å². The topological polar surface area (TPSA) is 29.3 Å². The number of rotatable bonds is 4. The lowest BCUT2D eigenvalue weighted by atomic mass is 9.98. The fraction of sp³-hybridized carbons (Fsp3) is 0.571. The monoisotopic (exact) mass is 218 g/mol. The first-order valence-electron chi connectivity index (χ1n) is 6.33. The molecule has 2 nitrogen and oxygen atoms in total. The van der Waals surface area contributed by atoms with E-state index in [1.165, 1.54) is 17.7 Å². The molecule has 0 aliphatic carbocycles. The number of para-hydroxylation sites is 1. The quantitative estimate of drug-likeness (QED) is 0.842. The van der Waals surface area contributed by atoms with E-state index in [1.807, 2.05) is 0 Å². The zero-order valence-corrected chi connectivity index (χ0v) is 10.3. The van der Waals surface area contributed by atoms with Crippen LogP contribution in [0.5, 0.6) is 0 Å². The summed E-state index contributed by atoms with van der Waals surface area (Å²) < 4.78 is 0. The second kappa shape index (κ2) is 4.88. The van der Waals surface area contributed by atoms with E-state index in [1.54, 1.807) is 0 Å². The van der Waals surface area contributed by atoms with Gasteiger partial charge in [-0.1, -0.05) is 25.1 Å². The van der Waals surface area contributed by atoms with Crippen LogP contribution in [0.4, 0.5) is 5.69 Å². The van der Waals surface area contributed by atoms with Gasteiger partial charge in [0.15, 0.2) is 0 Å². The number of hydrogen-bond donors (Lipinski definition) is 1. The Morgan fingerprint density at radius 3 is 2.88 bits per heavy atom. The van der Waals surface area contributed by atoms with Gasteiger partial charge in [0.2, 0.25) is 0 Å². The van der Waals surface area contributed by atoms with Crippen LogP contribution in [-0.2, 0) is 0 Å².